The van der Waals surface area contributed by atoms with Crippen molar-refractivity contribution in [3.63, 3.8) is 0 Å². The summed E-state index contributed by atoms with van der Waals surface area (Å²) in [4.78, 5) is 14.1. The Kier molecular flexibility index (Phi) is 3.95. The van der Waals surface area contributed by atoms with Crippen molar-refractivity contribution < 1.29 is 13.2 Å². The van der Waals surface area contributed by atoms with Gasteiger partial charge >= 0.3 is 6.18 Å². The molecule has 1 aromatic heterocycles. The third-order valence-corrected chi connectivity index (χ3v) is 5.27. The van der Waals surface area contributed by atoms with Crippen LogP contribution in [0.4, 0.5) is 13.2 Å². The molecule has 2 aliphatic rings. The van der Waals surface area contributed by atoms with Crippen LogP contribution in [-0.2, 0) is 19.3 Å². The van der Waals surface area contributed by atoms with E-state index in [1.165, 1.54) is 6.07 Å². The molecule has 0 amide bonds. The predicted molar refractivity (Wildman–Crippen MR) is 88.3 cm³/mol. The predicted octanol–water partition coefficient (Wildman–Crippen LogP) is 3.49. The van der Waals surface area contributed by atoms with Gasteiger partial charge in [0.2, 0.25) is 0 Å². The highest BCUT2D eigenvalue weighted by Gasteiger charge is 2.36. The first-order chi connectivity index (χ1) is 11.9. The van der Waals surface area contributed by atoms with E-state index >= 15 is 0 Å². The largest absolute Gasteiger partial charge is 0.416 e. The summed E-state index contributed by atoms with van der Waals surface area (Å²) in [5, 5.41) is 0. The number of hydrogen-bond donors (Lipinski definition) is 0. The van der Waals surface area contributed by atoms with Crippen LogP contribution in [0.1, 0.15) is 29.2 Å². The molecule has 132 valence electrons. The minimum atomic E-state index is -4.33. The normalized spacial score (nSPS) is 23.3. The van der Waals surface area contributed by atoms with Crippen molar-refractivity contribution in [3.05, 3.63) is 69.6 Å². The van der Waals surface area contributed by atoms with Gasteiger partial charge in [-0.1, -0.05) is 24.3 Å². The van der Waals surface area contributed by atoms with E-state index in [0.717, 1.165) is 24.7 Å². The molecule has 2 aliphatic heterocycles. The van der Waals surface area contributed by atoms with E-state index in [9.17, 15) is 18.0 Å². The maximum Gasteiger partial charge on any atom is 0.416 e. The van der Waals surface area contributed by atoms with Gasteiger partial charge < -0.3 is 4.57 Å². The van der Waals surface area contributed by atoms with Gasteiger partial charge in [-0.2, -0.15) is 13.2 Å². The number of hydrogen-bond acceptors (Lipinski definition) is 2. The lowest BCUT2D eigenvalue weighted by Gasteiger charge is -2.43. The molecule has 2 bridgehead atoms. The van der Waals surface area contributed by atoms with Gasteiger partial charge in [-0.3, -0.25) is 9.69 Å². The number of rotatable bonds is 2. The lowest BCUT2D eigenvalue weighted by atomic mass is 9.83. The van der Waals surface area contributed by atoms with Crippen LogP contribution in [0.2, 0.25) is 0 Å². The molecular weight excluding hydrogens is 329 g/mol. The van der Waals surface area contributed by atoms with Crippen molar-refractivity contribution in [3.8, 4) is 0 Å². The van der Waals surface area contributed by atoms with Gasteiger partial charge in [0.1, 0.15) is 0 Å². The van der Waals surface area contributed by atoms with Crippen LogP contribution in [0, 0.1) is 5.92 Å². The van der Waals surface area contributed by atoms with Gasteiger partial charge in [-0.05, 0) is 30.0 Å². The molecular formula is C19H19F3N2O. The van der Waals surface area contributed by atoms with E-state index in [0.29, 0.717) is 31.1 Å². The van der Waals surface area contributed by atoms with Crippen molar-refractivity contribution in [2.24, 2.45) is 5.92 Å². The van der Waals surface area contributed by atoms with Crippen LogP contribution >= 0.6 is 0 Å². The van der Waals surface area contributed by atoms with Crippen molar-refractivity contribution >= 4 is 0 Å². The van der Waals surface area contributed by atoms with Gasteiger partial charge in [-0.15, -0.1) is 0 Å². The minimum absolute atomic E-state index is 0.0167. The zero-order chi connectivity index (χ0) is 17.6. The fraction of sp³-hybridized carbons (Fsp3) is 0.421. The molecule has 1 fully saturated rings. The molecule has 0 N–H and O–H groups in total. The number of nitrogens with zero attached hydrogens (tertiary/aromatic N) is 2. The van der Waals surface area contributed by atoms with Crippen LogP contribution < -0.4 is 5.56 Å². The summed E-state index contributed by atoms with van der Waals surface area (Å²) in [5.74, 6) is 0.517. The average molecular weight is 348 g/mol. The highest BCUT2D eigenvalue weighted by atomic mass is 19.4. The van der Waals surface area contributed by atoms with Gasteiger partial charge in [0.05, 0.1) is 5.56 Å². The van der Waals surface area contributed by atoms with Crippen LogP contribution in [0.5, 0.6) is 0 Å². The number of likely N-dealkylation sites (tertiary alicyclic amines) is 1. The van der Waals surface area contributed by atoms with Crippen molar-refractivity contribution in [2.75, 3.05) is 13.1 Å². The molecule has 2 unspecified atom stereocenters. The average Bonchev–Trinajstić information content (AvgIpc) is 2.55. The van der Waals surface area contributed by atoms with Gasteiger partial charge in [0.25, 0.3) is 5.56 Å². The Morgan fingerprint density at radius 1 is 1.00 bits per heavy atom. The number of halogens is 3. The molecule has 2 atom stereocenters. The van der Waals surface area contributed by atoms with Crippen molar-refractivity contribution in [1.29, 1.82) is 0 Å². The first-order valence-corrected chi connectivity index (χ1v) is 8.49. The molecule has 4 rings (SSSR count). The number of benzene rings is 1. The number of alkyl halides is 3. The molecule has 1 aromatic carbocycles. The first-order valence-electron chi connectivity index (χ1n) is 8.49. The third kappa shape index (κ3) is 3.11. The number of fused-ring (bicyclic) bond motifs is 4. The molecule has 3 nitrogen and oxygen atoms in total. The summed E-state index contributed by atoms with van der Waals surface area (Å²) in [6, 6.07) is 11.1. The van der Waals surface area contributed by atoms with E-state index in [1.54, 1.807) is 24.3 Å². The Bertz CT molecular complexity index is 843. The van der Waals surface area contributed by atoms with Crippen LogP contribution in [0.25, 0.3) is 0 Å². The minimum Gasteiger partial charge on any atom is -0.312 e. The summed E-state index contributed by atoms with van der Waals surface area (Å²) >= 11 is 0. The fourth-order valence-corrected chi connectivity index (χ4v) is 4.30. The number of piperidine rings is 1. The van der Waals surface area contributed by atoms with Crippen LogP contribution in [0.15, 0.2) is 47.3 Å². The Balaban J connectivity index is 1.59. The summed E-state index contributed by atoms with van der Waals surface area (Å²) in [5.41, 5.74) is 0.795. The van der Waals surface area contributed by atoms with Gasteiger partial charge in [0.15, 0.2) is 0 Å². The topological polar surface area (TPSA) is 25.2 Å². The van der Waals surface area contributed by atoms with E-state index in [2.05, 4.69) is 4.90 Å². The second-order valence-electron chi connectivity index (χ2n) is 7.05. The number of aromatic nitrogens is 1. The van der Waals surface area contributed by atoms with E-state index < -0.39 is 11.7 Å². The monoisotopic (exact) mass is 348 g/mol. The summed E-state index contributed by atoms with van der Waals surface area (Å²) in [6.07, 6.45) is -3.33. The molecule has 0 aliphatic carbocycles. The zero-order valence-electron chi connectivity index (χ0n) is 13.7. The highest BCUT2D eigenvalue weighted by Crippen LogP contribution is 2.37. The molecule has 6 heteroatoms. The van der Waals surface area contributed by atoms with Gasteiger partial charge in [0, 0.05) is 43.9 Å². The standard InChI is InChI=1S/C19H19F3N2O/c20-19(21,22)16-5-2-1-4-14(16)11-23-9-13-8-15(12-23)17-6-3-7-18(25)24(17)10-13/h1-7,13,15H,8-12H2. The second kappa shape index (κ2) is 6.02. The van der Waals surface area contributed by atoms with E-state index in [-0.39, 0.29) is 11.5 Å². The van der Waals surface area contributed by atoms with Crippen LogP contribution in [0.3, 0.4) is 0 Å². The molecule has 0 spiro atoms. The molecule has 1 saturated heterocycles. The fourth-order valence-electron chi connectivity index (χ4n) is 4.30. The first kappa shape index (κ1) is 16.4. The van der Waals surface area contributed by atoms with E-state index in [1.807, 2.05) is 10.6 Å². The smallest absolute Gasteiger partial charge is 0.312 e. The number of pyridine rings is 1. The molecule has 25 heavy (non-hydrogen) atoms. The lowest BCUT2D eigenvalue weighted by Crippen LogP contribution is -2.46. The Hall–Kier alpha value is -2.08. The molecule has 2 aromatic rings. The summed E-state index contributed by atoms with van der Waals surface area (Å²) < 4.78 is 41.5. The maximum atomic E-state index is 13.2. The lowest BCUT2D eigenvalue weighted by molar-refractivity contribution is -0.138. The molecule has 0 radical (unpaired) electrons. The SMILES string of the molecule is O=c1cccc2n1CC1CC2CN(Cc2ccccc2C(F)(F)F)C1. The Morgan fingerprint density at radius 2 is 1.80 bits per heavy atom. The Morgan fingerprint density at radius 3 is 2.60 bits per heavy atom. The van der Waals surface area contributed by atoms with Crippen molar-refractivity contribution in [2.45, 2.75) is 31.6 Å². The van der Waals surface area contributed by atoms with Crippen LogP contribution in [-0.4, -0.2) is 22.6 Å². The van der Waals surface area contributed by atoms with E-state index in [4.69, 9.17) is 0 Å². The summed E-state index contributed by atoms with van der Waals surface area (Å²) in [7, 11) is 0. The van der Waals surface area contributed by atoms with Gasteiger partial charge in [-0.25, -0.2) is 0 Å². The van der Waals surface area contributed by atoms with Crippen molar-refractivity contribution in [1.82, 2.24) is 9.47 Å². The quantitative estimate of drug-likeness (QED) is 0.830. The third-order valence-electron chi connectivity index (χ3n) is 5.27. The highest BCUT2D eigenvalue weighted by molar-refractivity contribution is 5.30. The Labute approximate surface area is 143 Å². The zero-order valence-corrected chi connectivity index (χ0v) is 13.7. The maximum absolute atomic E-state index is 13.2. The second-order valence-corrected chi connectivity index (χ2v) is 7.05. The summed E-state index contributed by atoms with van der Waals surface area (Å²) in [6.45, 7) is 2.36. The molecule has 3 heterocycles. The molecule has 0 saturated carbocycles.